The molecule has 2 atom stereocenters. The van der Waals surface area contributed by atoms with Crippen LogP contribution in [0.25, 0.3) is 0 Å². The number of hydrogen-bond donors (Lipinski definition) is 0. The molecule has 86 valence electrons. The highest BCUT2D eigenvalue weighted by atomic mass is 15.3. The molecule has 2 bridgehead atoms. The lowest BCUT2D eigenvalue weighted by Gasteiger charge is -2.51. The molecule has 0 aromatic carbocycles. The minimum atomic E-state index is 0.878. The van der Waals surface area contributed by atoms with Gasteiger partial charge >= 0.3 is 0 Å². The van der Waals surface area contributed by atoms with Crippen LogP contribution in [0.3, 0.4) is 0 Å². The molecule has 0 saturated carbocycles. The van der Waals surface area contributed by atoms with Crippen molar-refractivity contribution < 1.29 is 0 Å². The van der Waals surface area contributed by atoms with Crippen molar-refractivity contribution in [3.8, 4) is 0 Å². The van der Waals surface area contributed by atoms with Gasteiger partial charge in [-0.15, -0.1) is 0 Å². The van der Waals surface area contributed by atoms with E-state index in [4.69, 9.17) is 0 Å². The molecule has 2 unspecified atom stereocenters. The standard InChI is InChI=1S/C12H23N3/c1-13-4-10-3-11(5-13)7-15(6-10)12-8-14(2)9-12/h10-12H,3-9H2,1-2H3. The van der Waals surface area contributed by atoms with E-state index in [1.807, 2.05) is 0 Å². The molecular weight excluding hydrogens is 186 g/mol. The zero-order chi connectivity index (χ0) is 10.4. The Hall–Kier alpha value is -0.120. The van der Waals surface area contributed by atoms with Gasteiger partial charge in [0.2, 0.25) is 0 Å². The Kier molecular flexibility index (Phi) is 2.49. The smallest absolute Gasteiger partial charge is 0.0350 e. The fraction of sp³-hybridized carbons (Fsp3) is 1.00. The molecule has 0 aromatic rings. The minimum absolute atomic E-state index is 0.878. The normalized spacial score (nSPS) is 40.4. The molecule has 0 aliphatic carbocycles. The molecule has 0 aromatic heterocycles. The maximum atomic E-state index is 2.77. The highest BCUT2D eigenvalue weighted by molar-refractivity contribution is 4.93. The van der Waals surface area contributed by atoms with E-state index in [2.05, 4.69) is 28.8 Å². The topological polar surface area (TPSA) is 9.72 Å². The third kappa shape index (κ3) is 1.93. The van der Waals surface area contributed by atoms with Crippen LogP contribution in [0.4, 0.5) is 0 Å². The SMILES string of the molecule is CN1CC2CC(C1)CN(C1CN(C)C1)C2. The van der Waals surface area contributed by atoms with Gasteiger partial charge in [0.15, 0.2) is 0 Å². The number of hydrogen-bond acceptors (Lipinski definition) is 3. The van der Waals surface area contributed by atoms with E-state index >= 15 is 0 Å². The lowest BCUT2D eigenvalue weighted by atomic mass is 9.83. The average molecular weight is 209 g/mol. The van der Waals surface area contributed by atoms with Gasteiger partial charge in [0.25, 0.3) is 0 Å². The van der Waals surface area contributed by atoms with Crippen molar-refractivity contribution in [3.05, 3.63) is 0 Å². The third-order valence-electron chi connectivity index (χ3n) is 4.35. The van der Waals surface area contributed by atoms with Gasteiger partial charge in [0.05, 0.1) is 0 Å². The first-order valence-corrected chi connectivity index (χ1v) is 6.32. The summed E-state index contributed by atoms with van der Waals surface area (Å²) in [5.41, 5.74) is 0. The molecule has 15 heavy (non-hydrogen) atoms. The lowest BCUT2D eigenvalue weighted by molar-refractivity contribution is -0.0244. The summed E-state index contributed by atoms with van der Waals surface area (Å²) in [6.45, 7) is 7.98. The van der Waals surface area contributed by atoms with Gasteiger partial charge in [-0.3, -0.25) is 4.90 Å². The molecule has 3 aliphatic heterocycles. The lowest BCUT2D eigenvalue weighted by Crippen LogP contribution is -2.63. The maximum Gasteiger partial charge on any atom is 0.0350 e. The summed E-state index contributed by atoms with van der Waals surface area (Å²) in [7, 11) is 4.51. The second kappa shape index (κ2) is 3.72. The molecule has 0 radical (unpaired) electrons. The summed E-state index contributed by atoms with van der Waals surface area (Å²) in [5.74, 6) is 1.90. The van der Waals surface area contributed by atoms with Crippen molar-refractivity contribution in [2.24, 2.45) is 11.8 Å². The molecule has 3 nitrogen and oxygen atoms in total. The summed E-state index contributed by atoms with van der Waals surface area (Å²) in [4.78, 5) is 7.73. The molecule has 0 amide bonds. The van der Waals surface area contributed by atoms with E-state index in [1.165, 1.54) is 45.7 Å². The summed E-state index contributed by atoms with van der Waals surface area (Å²) < 4.78 is 0. The van der Waals surface area contributed by atoms with Gasteiger partial charge in [0, 0.05) is 45.3 Å². The number of likely N-dealkylation sites (N-methyl/N-ethyl adjacent to an activating group) is 1. The van der Waals surface area contributed by atoms with E-state index in [0.717, 1.165) is 17.9 Å². The van der Waals surface area contributed by atoms with Crippen molar-refractivity contribution in [2.45, 2.75) is 12.5 Å². The van der Waals surface area contributed by atoms with Crippen LogP contribution in [0.15, 0.2) is 0 Å². The highest BCUT2D eigenvalue weighted by Gasteiger charge is 2.38. The van der Waals surface area contributed by atoms with Gasteiger partial charge in [-0.05, 0) is 32.4 Å². The first kappa shape index (κ1) is 10.1. The largest absolute Gasteiger partial charge is 0.306 e. The van der Waals surface area contributed by atoms with Gasteiger partial charge in [-0.1, -0.05) is 0 Å². The summed E-state index contributed by atoms with van der Waals surface area (Å²) in [6, 6.07) is 0.878. The van der Waals surface area contributed by atoms with Crippen molar-refractivity contribution in [2.75, 3.05) is 53.4 Å². The van der Waals surface area contributed by atoms with Crippen LogP contribution in [0.1, 0.15) is 6.42 Å². The van der Waals surface area contributed by atoms with Crippen molar-refractivity contribution in [1.29, 1.82) is 0 Å². The van der Waals surface area contributed by atoms with Gasteiger partial charge in [-0.25, -0.2) is 0 Å². The van der Waals surface area contributed by atoms with E-state index in [9.17, 15) is 0 Å². The van der Waals surface area contributed by atoms with Gasteiger partial charge < -0.3 is 9.80 Å². The van der Waals surface area contributed by atoms with E-state index < -0.39 is 0 Å². The van der Waals surface area contributed by atoms with Crippen LogP contribution in [0.5, 0.6) is 0 Å². The predicted octanol–water partition coefficient (Wildman–Crippen LogP) is 0.184. The number of rotatable bonds is 1. The Morgan fingerprint density at radius 2 is 1.27 bits per heavy atom. The fourth-order valence-corrected chi connectivity index (χ4v) is 3.77. The first-order valence-electron chi connectivity index (χ1n) is 6.32. The fourth-order valence-electron chi connectivity index (χ4n) is 3.77. The summed E-state index contributed by atoms with van der Waals surface area (Å²) in [5, 5.41) is 0. The Labute approximate surface area is 93.0 Å². The molecule has 3 saturated heterocycles. The van der Waals surface area contributed by atoms with Gasteiger partial charge in [0.1, 0.15) is 0 Å². The molecule has 0 N–H and O–H groups in total. The molecule has 3 fully saturated rings. The van der Waals surface area contributed by atoms with E-state index in [-0.39, 0.29) is 0 Å². The molecule has 3 heteroatoms. The van der Waals surface area contributed by atoms with E-state index in [1.54, 1.807) is 0 Å². The quantitative estimate of drug-likeness (QED) is 0.610. The maximum absolute atomic E-state index is 2.77. The Bertz CT molecular complexity index is 219. The number of likely N-dealkylation sites (tertiary alicyclic amines) is 3. The van der Waals surface area contributed by atoms with Gasteiger partial charge in [-0.2, -0.15) is 0 Å². The monoisotopic (exact) mass is 209 g/mol. The molecule has 3 heterocycles. The predicted molar refractivity (Wildman–Crippen MR) is 62.0 cm³/mol. The van der Waals surface area contributed by atoms with Crippen LogP contribution in [-0.2, 0) is 0 Å². The third-order valence-corrected chi connectivity index (χ3v) is 4.35. The second-order valence-corrected chi connectivity index (χ2v) is 6.02. The van der Waals surface area contributed by atoms with E-state index in [0.29, 0.717) is 0 Å². The zero-order valence-corrected chi connectivity index (χ0v) is 10.0. The number of fused-ring (bicyclic) bond motifs is 2. The molecule has 0 spiro atoms. The van der Waals surface area contributed by atoms with Crippen molar-refractivity contribution >= 4 is 0 Å². The zero-order valence-electron chi connectivity index (χ0n) is 10.0. The Morgan fingerprint density at radius 3 is 1.80 bits per heavy atom. The molecular formula is C12H23N3. The van der Waals surface area contributed by atoms with Crippen molar-refractivity contribution in [1.82, 2.24) is 14.7 Å². The van der Waals surface area contributed by atoms with Crippen molar-refractivity contribution in [3.63, 3.8) is 0 Å². The average Bonchev–Trinajstić information content (AvgIpc) is 2.10. The second-order valence-electron chi connectivity index (χ2n) is 6.02. The molecule has 3 rings (SSSR count). The van der Waals surface area contributed by atoms with Crippen LogP contribution in [0, 0.1) is 11.8 Å². The summed E-state index contributed by atoms with van der Waals surface area (Å²) in [6.07, 6.45) is 1.49. The number of piperidine rings is 2. The minimum Gasteiger partial charge on any atom is -0.306 e. The Balaban J connectivity index is 1.60. The Morgan fingerprint density at radius 1 is 0.733 bits per heavy atom. The highest BCUT2D eigenvalue weighted by Crippen LogP contribution is 2.30. The van der Waals surface area contributed by atoms with Crippen LogP contribution < -0.4 is 0 Å². The summed E-state index contributed by atoms with van der Waals surface area (Å²) >= 11 is 0. The molecule has 3 aliphatic rings. The first-order chi connectivity index (χ1) is 7.20. The van der Waals surface area contributed by atoms with Crippen LogP contribution >= 0.6 is 0 Å². The van der Waals surface area contributed by atoms with Crippen LogP contribution in [-0.4, -0.2) is 74.1 Å². The number of nitrogens with zero attached hydrogens (tertiary/aromatic N) is 3. The van der Waals surface area contributed by atoms with Crippen LogP contribution in [0.2, 0.25) is 0 Å².